The number of nitrogens with one attached hydrogen (secondary N) is 1. The molecule has 114 valence electrons. The van der Waals surface area contributed by atoms with E-state index in [1.165, 1.54) is 28.7 Å². The van der Waals surface area contributed by atoms with E-state index in [0.29, 0.717) is 0 Å². The van der Waals surface area contributed by atoms with Crippen molar-refractivity contribution in [2.75, 3.05) is 31.7 Å². The van der Waals surface area contributed by atoms with Crippen LogP contribution in [0.15, 0.2) is 5.16 Å². The summed E-state index contributed by atoms with van der Waals surface area (Å²) in [6.45, 7) is 5.37. The highest BCUT2D eigenvalue weighted by Gasteiger charge is 2.22. The van der Waals surface area contributed by atoms with Gasteiger partial charge in [0.15, 0.2) is 5.16 Å². The highest BCUT2D eigenvalue weighted by Crippen LogP contribution is 2.38. The third kappa shape index (κ3) is 3.03. The van der Waals surface area contributed by atoms with E-state index in [0.717, 1.165) is 41.9 Å². The van der Waals surface area contributed by atoms with E-state index in [2.05, 4.69) is 24.2 Å². The van der Waals surface area contributed by atoms with Gasteiger partial charge in [-0.05, 0) is 31.7 Å². The first-order valence-electron chi connectivity index (χ1n) is 7.51. The molecule has 3 rings (SSSR count). The van der Waals surface area contributed by atoms with Crippen molar-refractivity contribution in [3.8, 4) is 0 Å². The summed E-state index contributed by atoms with van der Waals surface area (Å²) in [5.41, 5.74) is 1.47. The lowest BCUT2D eigenvalue weighted by Crippen LogP contribution is -2.25. The molecule has 0 spiro atoms. The average molecular weight is 323 g/mol. The lowest BCUT2D eigenvalue weighted by Gasteiger charge is -2.22. The largest absolute Gasteiger partial charge is 0.369 e. The van der Waals surface area contributed by atoms with Gasteiger partial charge in [-0.1, -0.05) is 25.1 Å². The fourth-order valence-electron chi connectivity index (χ4n) is 2.71. The summed E-state index contributed by atoms with van der Waals surface area (Å²) in [4.78, 5) is 14.4. The quantitative estimate of drug-likeness (QED) is 0.517. The van der Waals surface area contributed by atoms with Crippen molar-refractivity contribution in [1.82, 2.24) is 14.9 Å². The molecule has 1 aliphatic rings. The van der Waals surface area contributed by atoms with Crippen molar-refractivity contribution in [2.45, 2.75) is 37.9 Å². The highest BCUT2D eigenvalue weighted by molar-refractivity contribution is 7.98. The van der Waals surface area contributed by atoms with Gasteiger partial charge in [-0.2, -0.15) is 0 Å². The number of hydrogen-bond acceptors (Lipinski definition) is 6. The summed E-state index contributed by atoms with van der Waals surface area (Å²) >= 11 is 3.46. The van der Waals surface area contributed by atoms with E-state index in [1.54, 1.807) is 11.8 Å². The Bertz CT molecular complexity index is 638. The number of anilines is 1. The Morgan fingerprint density at radius 2 is 2.24 bits per heavy atom. The molecule has 3 heterocycles. The first kappa shape index (κ1) is 15.1. The third-order valence-electron chi connectivity index (χ3n) is 3.88. The van der Waals surface area contributed by atoms with Gasteiger partial charge in [0.2, 0.25) is 0 Å². The van der Waals surface area contributed by atoms with Gasteiger partial charge < -0.3 is 10.2 Å². The summed E-state index contributed by atoms with van der Waals surface area (Å²) in [6.07, 6.45) is 5.52. The Labute approximate surface area is 134 Å². The van der Waals surface area contributed by atoms with Crippen LogP contribution in [0.1, 0.15) is 30.2 Å². The summed E-state index contributed by atoms with van der Waals surface area (Å²) in [5, 5.41) is 5.68. The maximum Gasteiger partial charge on any atom is 0.190 e. The maximum atomic E-state index is 4.72. The Balaban J connectivity index is 2.05. The van der Waals surface area contributed by atoms with E-state index >= 15 is 0 Å². The topological polar surface area (TPSA) is 41.1 Å². The van der Waals surface area contributed by atoms with E-state index < -0.39 is 0 Å². The normalized spacial score (nSPS) is 15.4. The van der Waals surface area contributed by atoms with Gasteiger partial charge in [0.05, 0.1) is 5.39 Å². The van der Waals surface area contributed by atoms with Crippen LogP contribution < -0.4 is 5.32 Å². The SMILES string of the molecule is CCCCNc1nc(SC)nc2sc3c(c12)CCN(C)C3. The first-order valence-corrected chi connectivity index (χ1v) is 9.55. The minimum absolute atomic E-state index is 0.869. The first-order chi connectivity index (χ1) is 10.2. The fraction of sp³-hybridized carbons (Fsp3) is 0.600. The number of fused-ring (bicyclic) bond motifs is 3. The number of rotatable bonds is 5. The van der Waals surface area contributed by atoms with Crippen molar-refractivity contribution >= 4 is 39.1 Å². The van der Waals surface area contributed by atoms with Crippen LogP contribution in [-0.4, -0.2) is 41.3 Å². The van der Waals surface area contributed by atoms with Crippen LogP contribution in [0.2, 0.25) is 0 Å². The van der Waals surface area contributed by atoms with Crippen molar-refractivity contribution in [1.29, 1.82) is 0 Å². The van der Waals surface area contributed by atoms with Gasteiger partial charge in [0.1, 0.15) is 10.6 Å². The lowest BCUT2D eigenvalue weighted by molar-refractivity contribution is 0.318. The van der Waals surface area contributed by atoms with Gasteiger partial charge in [-0.25, -0.2) is 9.97 Å². The predicted molar refractivity (Wildman–Crippen MR) is 92.6 cm³/mol. The summed E-state index contributed by atoms with van der Waals surface area (Å²) in [6, 6.07) is 0. The second-order valence-electron chi connectivity index (χ2n) is 5.51. The third-order valence-corrected chi connectivity index (χ3v) is 5.53. The molecule has 1 aliphatic heterocycles. The molecular formula is C15H22N4S2. The Morgan fingerprint density at radius 3 is 3.00 bits per heavy atom. The molecule has 21 heavy (non-hydrogen) atoms. The number of unbranched alkanes of at least 4 members (excludes halogenated alkanes) is 1. The molecule has 0 bridgehead atoms. The molecule has 0 fully saturated rings. The molecule has 2 aromatic rings. The Morgan fingerprint density at radius 1 is 1.38 bits per heavy atom. The molecule has 6 heteroatoms. The van der Waals surface area contributed by atoms with Crippen molar-refractivity contribution < 1.29 is 0 Å². The van der Waals surface area contributed by atoms with Crippen LogP contribution >= 0.6 is 23.1 Å². The highest BCUT2D eigenvalue weighted by atomic mass is 32.2. The molecular weight excluding hydrogens is 300 g/mol. The van der Waals surface area contributed by atoms with Crippen LogP contribution in [0.4, 0.5) is 5.82 Å². The molecule has 0 aromatic carbocycles. The van der Waals surface area contributed by atoms with Crippen LogP contribution in [0.25, 0.3) is 10.2 Å². The number of likely N-dealkylation sites (N-methyl/N-ethyl adjacent to an activating group) is 1. The van der Waals surface area contributed by atoms with Gasteiger partial charge in [-0.15, -0.1) is 11.3 Å². The summed E-state index contributed by atoms with van der Waals surface area (Å²) < 4.78 is 0. The second-order valence-corrected chi connectivity index (χ2v) is 7.37. The van der Waals surface area contributed by atoms with E-state index in [1.807, 2.05) is 17.6 Å². The number of thioether (sulfide) groups is 1. The van der Waals surface area contributed by atoms with Gasteiger partial charge in [-0.3, -0.25) is 0 Å². The van der Waals surface area contributed by atoms with Gasteiger partial charge >= 0.3 is 0 Å². The van der Waals surface area contributed by atoms with Crippen LogP contribution in [0.3, 0.4) is 0 Å². The van der Waals surface area contributed by atoms with Crippen LogP contribution in [0, 0.1) is 0 Å². The average Bonchev–Trinajstić information content (AvgIpc) is 2.84. The zero-order valence-corrected chi connectivity index (χ0v) is 14.5. The Hall–Kier alpha value is -0.850. The predicted octanol–water partition coefficient (Wildman–Crippen LogP) is 3.61. The molecule has 0 radical (unpaired) electrons. The molecule has 4 nitrogen and oxygen atoms in total. The smallest absolute Gasteiger partial charge is 0.190 e. The molecule has 0 aliphatic carbocycles. The van der Waals surface area contributed by atoms with Crippen molar-refractivity contribution in [2.24, 2.45) is 0 Å². The van der Waals surface area contributed by atoms with Gasteiger partial charge in [0.25, 0.3) is 0 Å². The molecule has 0 saturated heterocycles. The molecule has 0 amide bonds. The summed E-state index contributed by atoms with van der Waals surface area (Å²) in [5.74, 6) is 1.04. The lowest BCUT2D eigenvalue weighted by atomic mass is 10.1. The second kappa shape index (κ2) is 6.50. The van der Waals surface area contributed by atoms with Crippen LogP contribution in [0.5, 0.6) is 0 Å². The maximum absolute atomic E-state index is 4.72. The zero-order chi connectivity index (χ0) is 14.8. The van der Waals surface area contributed by atoms with Gasteiger partial charge in [0, 0.05) is 24.5 Å². The van der Waals surface area contributed by atoms with E-state index in [-0.39, 0.29) is 0 Å². The number of aromatic nitrogens is 2. The zero-order valence-electron chi connectivity index (χ0n) is 12.9. The van der Waals surface area contributed by atoms with E-state index in [4.69, 9.17) is 9.97 Å². The minimum Gasteiger partial charge on any atom is -0.369 e. The van der Waals surface area contributed by atoms with E-state index in [9.17, 15) is 0 Å². The summed E-state index contributed by atoms with van der Waals surface area (Å²) in [7, 11) is 2.19. The monoisotopic (exact) mass is 322 g/mol. The number of nitrogens with zero attached hydrogens (tertiary/aromatic N) is 3. The van der Waals surface area contributed by atoms with Crippen molar-refractivity contribution in [3.63, 3.8) is 0 Å². The standard InChI is InChI=1S/C15H22N4S2/c1-4-5-7-16-13-12-10-6-8-19(2)9-11(10)21-14(12)18-15(17-13)20-3/h4-9H2,1-3H3,(H,16,17,18). The van der Waals surface area contributed by atoms with Crippen molar-refractivity contribution in [3.05, 3.63) is 10.4 Å². The number of thiophene rings is 1. The van der Waals surface area contributed by atoms with Crippen LogP contribution in [-0.2, 0) is 13.0 Å². The Kier molecular flexibility index (Phi) is 4.66. The fourth-order valence-corrected chi connectivity index (χ4v) is 4.43. The molecule has 0 unspecified atom stereocenters. The number of hydrogen-bond donors (Lipinski definition) is 1. The molecule has 2 aromatic heterocycles. The molecule has 0 saturated carbocycles. The molecule has 1 N–H and O–H groups in total. The molecule has 0 atom stereocenters. The minimum atomic E-state index is 0.869.